The third-order valence-electron chi connectivity index (χ3n) is 3.33. The van der Waals surface area contributed by atoms with Gasteiger partial charge >= 0.3 is 12.1 Å². The molecule has 0 saturated carbocycles. The first-order valence-electron chi connectivity index (χ1n) is 7.29. The molecule has 1 aliphatic rings. The molecule has 2 unspecified atom stereocenters. The fraction of sp³-hybridized carbons (Fsp3) is 0.467. The van der Waals surface area contributed by atoms with Gasteiger partial charge in [-0.15, -0.1) is 0 Å². The van der Waals surface area contributed by atoms with Crippen molar-refractivity contribution in [1.82, 2.24) is 4.90 Å². The quantitative estimate of drug-likeness (QED) is 0.656. The van der Waals surface area contributed by atoms with Crippen LogP contribution in [0.15, 0.2) is 30.3 Å². The van der Waals surface area contributed by atoms with E-state index in [1.54, 1.807) is 18.2 Å². The maximum Gasteiger partial charge on any atom is 0.410 e. The van der Waals surface area contributed by atoms with E-state index in [9.17, 15) is 19.7 Å². The molecule has 1 heterocycles. The zero-order chi connectivity index (χ0) is 18.1. The lowest BCUT2D eigenvalue weighted by molar-refractivity contribution is -0.384. The minimum absolute atomic E-state index is 0.137. The number of carbonyl (C=O) groups excluding carboxylic acids is 1. The van der Waals surface area contributed by atoms with E-state index in [1.165, 1.54) is 24.1 Å². The molecule has 2 rings (SSSR count). The Hall–Kier alpha value is -2.68. The highest BCUT2D eigenvalue weighted by Crippen LogP contribution is 2.21. The smallest absolute Gasteiger partial charge is 0.410 e. The Morgan fingerprint density at radius 1 is 1.38 bits per heavy atom. The molecule has 1 saturated heterocycles. The first-order chi connectivity index (χ1) is 11.4. The van der Waals surface area contributed by atoms with Crippen molar-refractivity contribution in [2.24, 2.45) is 0 Å². The molecular weight excluding hydrogens is 320 g/mol. The normalized spacial score (nSPS) is 19.2. The van der Waals surface area contributed by atoms with Crippen LogP contribution in [0.5, 0.6) is 0 Å². The van der Waals surface area contributed by atoms with E-state index in [1.807, 2.05) is 6.92 Å². The molecule has 1 N–H and O–H groups in total. The minimum atomic E-state index is -1.03. The van der Waals surface area contributed by atoms with E-state index >= 15 is 0 Å². The molecule has 1 aliphatic heterocycles. The van der Waals surface area contributed by atoms with Crippen LogP contribution in [0.3, 0.4) is 0 Å². The fourth-order valence-corrected chi connectivity index (χ4v) is 2.26. The van der Waals surface area contributed by atoms with Gasteiger partial charge in [-0.1, -0.05) is 18.2 Å². The van der Waals surface area contributed by atoms with Crippen LogP contribution in [0.25, 0.3) is 0 Å². The third kappa shape index (κ3) is 5.51. The number of likely N-dealkylation sites (tertiary alicyclic amines) is 1. The zero-order valence-electron chi connectivity index (χ0n) is 13.5. The molecule has 0 radical (unpaired) electrons. The van der Waals surface area contributed by atoms with Crippen molar-refractivity contribution in [3.05, 3.63) is 40.4 Å². The van der Waals surface area contributed by atoms with E-state index in [0.29, 0.717) is 13.0 Å². The van der Waals surface area contributed by atoms with Gasteiger partial charge in [-0.25, -0.2) is 9.59 Å². The Bertz CT molecular complexity index is 564. The molecule has 24 heavy (non-hydrogen) atoms. The van der Waals surface area contributed by atoms with Crippen molar-refractivity contribution in [2.45, 2.75) is 25.5 Å². The van der Waals surface area contributed by atoms with Gasteiger partial charge in [0.15, 0.2) is 0 Å². The Labute approximate surface area is 138 Å². The summed E-state index contributed by atoms with van der Waals surface area (Å²) in [4.78, 5) is 32.9. The van der Waals surface area contributed by atoms with Gasteiger partial charge < -0.3 is 14.6 Å². The zero-order valence-corrected chi connectivity index (χ0v) is 13.5. The molecule has 2 atom stereocenters. The van der Waals surface area contributed by atoms with Crippen LogP contribution in [0.4, 0.5) is 10.5 Å². The average molecular weight is 340 g/mol. The number of hydrogen-bond donors (Lipinski definition) is 1. The predicted molar refractivity (Wildman–Crippen MR) is 83.7 cm³/mol. The van der Waals surface area contributed by atoms with Crippen molar-refractivity contribution in [3.8, 4) is 0 Å². The number of nitro groups is 1. The molecule has 0 aromatic heterocycles. The van der Waals surface area contributed by atoms with Crippen LogP contribution in [0, 0.1) is 10.1 Å². The molecule has 9 heteroatoms. The number of aliphatic carboxylic acids is 1. The first kappa shape index (κ1) is 19.4. The molecule has 1 amide bonds. The predicted octanol–water partition coefficient (Wildman–Crippen LogP) is 1.91. The number of carboxylic acids is 1. The van der Waals surface area contributed by atoms with Crippen LogP contribution in [-0.2, 0) is 14.3 Å². The Morgan fingerprint density at radius 3 is 2.42 bits per heavy atom. The average Bonchev–Trinajstić information content (AvgIpc) is 3.00. The minimum Gasteiger partial charge on any atom is -0.480 e. The van der Waals surface area contributed by atoms with E-state index in [4.69, 9.17) is 9.84 Å². The van der Waals surface area contributed by atoms with Gasteiger partial charge in [-0.2, -0.15) is 0 Å². The Kier molecular flexibility index (Phi) is 7.63. The standard InChI is InChI=1S/C9H15NO5.C6H5NO2/c1-3-15-6-4-7(8(11)12)10(5-6)9(13)14-2;8-7(9)6-4-2-1-3-5-6/h6-7H,3-5H2,1-2H3,(H,11,12);1-5H. The number of carboxylic acid groups (broad SMARTS) is 1. The maximum absolute atomic E-state index is 11.3. The number of nitro benzene ring substituents is 1. The van der Waals surface area contributed by atoms with Gasteiger partial charge in [0, 0.05) is 25.2 Å². The van der Waals surface area contributed by atoms with Crippen molar-refractivity contribution < 1.29 is 29.1 Å². The van der Waals surface area contributed by atoms with Crippen LogP contribution in [-0.4, -0.2) is 59.4 Å². The third-order valence-corrected chi connectivity index (χ3v) is 3.33. The summed E-state index contributed by atoms with van der Waals surface area (Å²) in [5, 5.41) is 18.9. The fourth-order valence-electron chi connectivity index (χ4n) is 2.26. The topological polar surface area (TPSA) is 119 Å². The molecule has 132 valence electrons. The summed E-state index contributed by atoms with van der Waals surface area (Å²) in [6, 6.07) is 7.09. The summed E-state index contributed by atoms with van der Waals surface area (Å²) >= 11 is 0. The number of carbonyl (C=O) groups is 2. The molecule has 1 aromatic rings. The van der Waals surface area contributed by atoms with Gasteiger partial charge in [0.25, 0.3) is 5.69 Å². The number of para-hydroxylation sites is 1. The lowest BCUT2D eigenvalue weighted by Crippen LogP contribution is -2.40. The van der Waals surface area contributed by atoms with Gasteiger partial charge in [0.2, 0.25) is 0 Å². The molecule has 0 spiro atoms. The molecular formula is C15H20N2O7. The van der Waals surface area contributed by atoms with Crippen LogP contribution >= 0.6 is 0 Å². The van der Waals surface area contributed by atoms with Crippen molar-refractivity contribution in [3.63, 3.8) is 0 Å². The van der Waals surface area contributed by atoms with E-state index in [-0.39, 0.29) is 18.3 Å². The van der Waals surface area contributed by atoms with Gasteiger partial charge in [-0.05, 0) is 6.92 Å². The number of amides is 1. The highest BCUT2D eigenvalue weighted by molar-refractivity contribution is 5.80. The second kappa shape index (κ2) is 9.46. The highest BCUT2D eigenvalue weighted by Gasteiger charge is 2.40. The van der Waals surface area contributed by atoms with Gasteiger partial charge in [0.1, 0.15) is 6.04 Å². The number of ether oxygens (including phenoxy) is 2. The van der Waals surface area contributed by atoms with E-state index < -0.39 is 23.0 Å². The molecule has 9 nitrogen and oxygen atoms in total. The SMILES string of the molecule is CCOC1CC(C(=O)O)N(C(=O)OC)C1.O=[N+]([O-])c1ccccc1. The van der Waals surface area contributed by atoms with Crippen molar-refractivity contribution >= 4 is 17.7 Å². The summed E-state index contributed by atoms with van der Waals surface area (Å²) < 4.78 is 9.80. The number of non-ortho nitro benzene ring substituents is 1. The highest BCUT2D eigenvalue weighted by atomic mass is 16.6. The second-order valence-electron chi connectivity index (χ2n) is 4.88. The van der Waals surface area contributed by atoms with Crippen LogP contribution in [0.2, 0.25) is 0 Å². The van der Waals surface area contributed by atoms with Gasteiger partial charge in [-0.3, -0.25) is 15.0 Å². The summed E-state index contributed by atoms with van der Waals surface area (Å²) in [5.41, 5.74) is 0.137. The largest absolute Gasteiger partial charge is 0.480 e. The number of hydrogen-bond acceptors (Lipinski definition) is 6. The van der Waals surface area contributed by atoms with Crippen molar-refractivity contribution in [1.29, 1.82) is 0 Å². The summed E-state index contributed by atoms with van der Waals surface area (Å²) in [5.74, 6) is -1.03. The summed E-state index contributed by atoms with van der Waals surface area (Å²) in [6.07, 6.45) is -0.516. The summed E-state index contributed by atoms with van der Waals surface area (Å²) in [7, 11) is 1.23. The maximum atomic E-state index is 11.3. The van der Waals surface area contributed by atoms with Gasteiger partial charge in [0.05, 0.1) is 24.7 Å². The molecule has 1 aromatic carbocycles. The number of nitrogens with zero attached hydrogens (tertiary/aromatic N) is 2. The monoisotopic (exact) mass is 340 g/mol. The number of methoxy groups -OCH3 is 1. The van der Waals surface area contributed by atoms with Crippen molar-refractivity contribution in [2.75, 3.05) is 20.3 Å². The Balaban J connectivity index is 0.000000272. The number of rotatable bonds is 4. The second-order valence-corrected chi connectivity index (χ2v) is 4.88. The van der Waals surface area contributed by atoms with E-state index in [0.717, 1.165) is 0 Å². The van der Waals surface area contributed by atoms with Crippen LogP contribution in [0.1, 0.15) is 13.3 Å². The Morgan fingerprint density at radius 2 is 2.00 bits per heavy atom. The molecule has 0 aliphatic carbocycles. The summed E-state index contributed by atoms with van der Waals surface area (Å²) in [6.45, 7) is 2.61. The van der Waals surface area contributed by atoms with Crippen LogP contribution < -0.4 is 0 Å². The lowest BCUT2D eigenvalue weighted by Gasteiger charge is -2.18. The molecule has 0 bridgehead atoms. The first-order valence-corrected chi connectivity index (χ1v) is 7.29. The molecule has 1 fully saturated rings. The lowest BCUT2D eigenvalue weighted by atomic mass is 10.2. The number of benzene rings is 1. The van der Waals surface area contributed by atoms with E-state index in [2.05, 4.69) is 4.74 Å².